The van der Waals surface area contributed by atoms with Crippen molar-refractivity contribution in [3.8, 4) is 0 Å². The number of nitrogens with zero attached hydrogens (tertiary/aromatic N) is 1. The fraction of sp³-hybridized carbons (Fsp3) is 0.176. The molecule has 2 rings (SSSR count). The van der Waals surface area contributed by atoms with Gasteiger partial charge in [-0.05, 0) is 30.2 Å². The Bertz CT molecular complexity index is 684. The largest absolute Gasteiger partial charge is 0.397 e. The summed E-state index contributed by atoms with van der Waals surface area (Å²) in [5.74, 6) is -1.31. The zero-order chi connectivity index (χ0) is 16.1. The number of anilines is 2. The van der Waals surface area contributed by atoms with Crippen molar-refractivity contribution >= 4 is 23.2 Å². The van der Waals surface area contributed by atoms with E-state index in [0.717, 1.165) is 11.1 Å². The first kappa shape index (κ1) is 15.6. The van der Waals surface area contributed by atoms with Crippen LogP contribution in [0.2, 0.25) is 0 Å². The second kappa shape index (κ2) is 6.76. The van der Waals surface area contributed by atoms with Gasteiger partial charge in [0.15, 0.2) is 0 Å². The standard InChI is InChI=1S/C17H19N3O2/c1-12-8-9-14(18)15(10-12)19-16(21)17(22)20(2)11-13-6-4-3-5-7-13/h3-10H,11,18H2,1-2H3,(H,19,21). The number of benzene rings is 2. The molecule has 0 radical (unpaired) electrons. The van der Waals surface area contributed by atoms with Crippen LogP contribution in [0.3, 0.4) is 0 Å². The first-order chi connectivity index (χ1) is 10.5. The van der Waals surface area contributed by atoms with Gasteiger partial charge in [-0.25, -0.2) is 0 Å². The van der Waals surface area contributed by atoms with Crippen molar-refractivity contribution < 1.29 is 9.59 Å². The fourth-order valence-corrected chi connectivity index (χ4v) is 2.06. The number of rotatable bonds is 3. The Morgan fingerprint density at radius 2 is 1.82 bits per heavy atom. The number of hydrogen-bond donors (Lipinski definition) is 2. The lowest BCUT2D eigenvalue weighted by Gasteiger charge is -2.17. The predicted molar refractivity (Wildman–Crippen MR) is 87.1 cm³/mol. The van der Waals surface area contributed by atoms with Crippen LogP contribution in [0.15, 0.2) is 48.5 Å². The third kappa shape index (κ3) is 3.85. The number of amides is 2. The van der Waals surface area contributed by atoms with Crippen molar-refractivity contribution in [3.63, 3.8) is 0 Å². The van der Waals surface area contributed by atoms with E-state index in [-0.39, 0.29) is 0 Å². The molecule has 5 nitrogen and oxygen atoms in total. The summed E-state index contributed by atoms with van der Waals surface area (Å²) in [5, 5.41) is 2.56. The Morgan fingerprint density at radius 3 is 2.50 bits per heavy atom. The minimum Gasteiger partial charge on any atom is -0.397 e. The van der Waals surface area contributed by atoms with Crippen LogP contribution in [-0.4, -0.2) is 23.8 Å². The smallest absolute Gasteiger partial charge is 0.313 e. The Morgan fingerprint density at radius 1 is 1.14 bits per heavy atom. The predicted octanol–water partition coefficient (Wildman–Crippen LogP) is 2.17. The van der Waals surface area contributed by atoms with Gasteiger partial charge in [0.05, 0.1) is 11.4 Å². The summed E-state index contributed by atoms with van der Waals surface area (Å²) in [6, 6.07) is 14.8. The molecule has 0 aliphatic heterocycles. The van der Waals surface area contributed by atoms with Crippen molar-refractivity contribution in [2.24, 2.45) is 0 Å². The maximum Gasteiger partial charge on any atom is 0.313 e. The zero-order valence-electron chi connectivity index (χ0n) is 12.7. The third-order valence-electron chi connectivity index (χ3n) is 3.26. The molecule has 0 saturated carbocycles. The highest BCUT2D eigenvalue weighted by Crippen LogP contribution is 2.19. The maximum atomic E-state index is 12.1. The van der Waals surface area contributed by atoms with Gasteiger partial charge in [0, 0.05) is 13.6 Å². The quantitative estimate of drug-likeness (QED) is 0.673. The molecule has 0 spiro atoms. The van der Waals surface area contributed by atoms with E-state index in [4.69, 9.17) is 5.73 Å². The number of nitrogens with one attached hydrogen (secondary N) is 1. The molecule has 2 aromatic rings. The molecule has 22 heavy (non-hydrogen) atoms. The number of carbonyl (C=O) groups excluding carboxylic acids is 2. The lowest BCUT2D eigenvalue weighted by molar-refractivity contribution is -0.142. The lowest BCUT2D eigenvalue weighted by atomic mass is 10.2. The summed E-state index contributed by atoms with van der Waals surface area (Å²) in [6.07, 6.45) is 0. The molecule has 0 saturated heterocycles. The number of nitrogens with two attached hydrogens (primary N) is 1. The summed E-state index contributed by atoms with van der Waals surface area (Å²) in [6.45, 7) is 2.26. The van der Waals surface area contributed by atoms with Gasteiger partial charge in [-0.15, -0.1) is 0 Å². The molecule has 2 aromatic carbocycles. The number of carbonyl (C=O) groups is 2. The van der Waals surface area contributed by atoms with Crippen LogP contribution < -0.4 is 11.1 Å². The van der Waals surface area contributed by atoms with Crippen LogP contribution >= 0.6 is 0 Å². The Kier molecular flexibility index (Phi) is 4.78. The minimum atomic E-state index is -0.698. The SMILES string of the molecule is Cc1ccc(N)c(NC(=O)C(=O)N(C)Cc2ccccc2)c1. The van der Waals surface area contributed by atoms with Crippen molar-refractivity contribution in [3.05, 3.63) is 59.7 Å². The summed E-state index contributed by atoms with van der Waals surface area (Å²) in [7, 11) is 1.59. The molecule has 0 aliphatic rings. The second-order valence-corrected chi connectivity index (χ2v) is 5.19. The summed E-state index contributed by atoms with van der Waals surface area (Å²) >= 11 is 0. The summed E-state index contributed by atoms with van der Waals surface area (Å²) < 4.78 is 0. The number of hydrogen-bond acceptors (Lipinski definition) is 3. The summed E-state index contributed by atoms with van der Waals surface area (Å²) in [5.41, 5.74) is 8.59. The van der Waals surface area contributed by atoms with Crippen molar-refractivity contribution in [2.45, 2.75) is 13.5 Å². The first-order valence-electron chi connectivity index (χ1n) is 6.94. The first-order valence-corrected chi connectivity index (χ1v) is 6.94. The van der Waals surface area contributed by atoms with Crippen LogP contribution in [0, 0.1) is 6.92 Å². The lowest BCUT2D eigenvalue weighted by Crippen LogP contribution is -2.36. The van der Waals surface area contributed by atoms with Crippen molar-refractivity contribution in [1.29, 1.82) is 0 Å². The van der Waals surface area contributed by atoms with Gasteiger partial charge < -0.3 is 16.0 Å². The molecule has 114 valence electrons. The van der Waals surface area contributed by atoms with Gasteiger partial charge in [0.2, 0.25) is 0 Å². The van der Waals surface area contributed by atoms with Crippen molar-refractivity contribution in [1.82, 2.24) is 4.90 Å². The number of likely N-dealkylation sites (N-methyl/N-ethyl adjacent to an activating group) is 1. The second-order valence-electron chi connectivity index (χ2n) is 5.19. The highest BCUT2D eigenvalue weighted by Gasteiger charge is 2.19. The molecule has 3 N–H and O–H groups in total. The van der Waals surface area contributed by atoms with E-state index < -0.39 is 11.8 Å². The Labute approximate surface area is 129 Å². The Hall–Kier alpha value is -2.82. The van der Waals surface area contributed by atoms with Gasteiger partial charge >= 0.3 is 11.8 Å². The molecule has 0 fully saturated rings. The Balaban J connectivity index is 2.02. The van der Waals surface area contributed by atoms with E-state index in [1.54, 1.807) is 19.2 Å². The molecule has 0 aromatic heterocycles. The van der Waals surface area contributed by atoms with Crippen LogP contribution in [0.4, 0.5) is 11.4 Å². The van der Waals surface area contributed by atoms with Gasteiger partial charge in [-0.1, -0.05) is 36.4 Å². The molecule has 0 unspecified atom stereocenters. The zero-order valence-corrected chi connectivity index (χ0v) is 12.7. The van der Waals surface area contributed by atoms with E-state index in [2.05, 4.69) is 5.32 Å². The van der Waals surface area contributed by atoms with Crippen LogP contribution in [0.25, 0.3) is 0 Å². The average Bonchev–Trinajstić information content (AvgIpc) is 2.51. The number of nitrogen functional groups attached to an aromatic ring is 1. The van der Waals surface area contributed by atoms with Crippen LogP contribution in [0.1, 0.15) is 11.1 Å². The van der Waals surface area contributed by atoms with Gasteiger partial charge in [0.1, 0.15) is 0 Å². The molecule has 0 aliphatic carbocycles. The monoisotopic (exact) mass is 297 g/mol. The average molecular weight is 297 g/mol. The van der Waals surface area contributed by atoms with Gasteiger partial charge in [-0.3, -0.25) is 9.59 Å². The highest BCUT2D eigenvalue weighted by atomic mass is 16.2. The molecule has 0 atom stereocenters. The van der Waals surface area contributed by atoms with Crippen molar-refractivity contribution in [2.75, 3.05) is 18.1 Å². The van der Waals surface area contributed by atoms with E-state index in [9.17, 15) is 9.59 Å². The molecule has 2 amide bonds. The third-order valence-corrected chi connectivity index (χ3v) is 3.26. The minimum absolute atomic E-state index is 0.371. The molecular formula is C17H19N3O2. The fourth-order valence-electron chi connectivity index (χ4n) is 2.06. The van der Waals surface area contributed by atoms with Gasteiger partial charge in [0.25, 0.3) is 0 Å². The molecule has 5 heteroatoms. The highest BCUT2D eigenvalue weighted by molar-refractivity contribution is 6.39. The van der Waals surface area contributed by atoms with E-state index in [1.807, 2.05) is 43.3 Å². The van der Waals surface area contributed by atoms with Crippen LogP contribution in [0.5, 0.6) is 0 Å². The molecule has 0 bridgehead atoms. The maximum absolute atomic E-state index is 12.1. The number of aryl methyl sites for hydroxylation is 1. The van der Waals surface area contributed by atoms with E-state index >= 15 is 0 Å². The molecule has 0 heterocycles. The van der Waals surface area contributed by atoms with Crippen LogP contribution in [-0.2, 0) is 16.1 Å². The summed E-state index contributed by atoms with van der Waals surface area (Å²) in [4.78, 5) is 25.5. The molecular weight excluding hydrogens is 278 g/mol. The van der Waals surface area contributed by atoms with Gasteiger partial charge in [-0.2, -0.15) is 0 Å². The topological polar surface area (TPSA) is 75.4 Å². The normalized spacial score (nSPS) is 10.1. The van der Waals surface area contributed by atoms with E-state index in [1.165, 1.54) is 4.90 Å². The van der Waals surface area contributed by atoms with E-state index in [0.29, 0.717) is 17.9 Å².